The molecule has 0 nitrogen and oxygen atoms in total. The average Bonchev–Trinajstić information content (AvgIpc) is 3.66. The van der Waals surface area contributed by atoms with Crippen LogP contribution in [-0.4, -0.2) is 0 Å². The van der Waals surface area contributed by atoms with Crippen molar-refractivity contribution in [1.29, 1.82) is 0 Å². The summed E-state index contributed by atoms with van der Waals surface area (Å²) in [7, 11) is 0.793. The molecule has 0 aliphatic heterocycles. The van der Waals surface area contributed by atoms with Crippen LogP contribution in [0.3, 0.4) is 0 Å². The minimum absolute atomic E-state index is 0.215. The molecule has 2 aliphatic carbocycles. The van der Waals surface area contributed by atoms with Crippen LogP contribution >= 0.6 is 8.58 Å². The second-order valence-electron chi connectivity index (χ2n) is 11.9. The zero-order chi connectivity index (χ0) is 30.5. The van der Waals surface area contributed by atoms with Crippen molar-refractivity contribution in [2.24, 2.45) is 0 Å². The Morgan fingerprint density at radius 1 is 0.600 bits per heavy atom. The molecule has 2 heteroatoms. The molecule has 0 radical (unpaired) electrons. The second kappa shape index (κ2) is 13.8. The van der Waals surface area contributed by atoms with Crippen LogP contribution in [0, 0.1) is 6.92 Å². The first kappa shape index (κ1) is 30.0. The predicted octanol–water partition coefficient (Wildman–Crippen LogP) is 9.63. The summed E-state index contributed by atoms with van der Waals surface area (Å²) in [6.45, 7) is 2.27. The number of hydrogen-bond donors (Lipinski definition) is 0. The molecule has 0 fully saturated rings. The number of benzene rings is 6. The Morgan fingerprint density at radius 2 is 1.22 bits per heavy atom. The molecule has 0 saturated carbocycles. The molecule has 6 aromatic rings. The topological polar surface area (TPSA) is 0 Å². The van der Waals surface area contributed by atoms with Gasteiger partial charge in [0.15, 0.2) is 0 Å². The van der Waals surface area contributed by atoms with E-state index in [1.54, 1.807) is 14.4 Å². The van der Waals surface area contributed by atoms with Gasteiger partial charge < -0.3 is 0 Å². The first-order valence-corrected chi connectivity index (χ1v) is 20.5. The van der Waals surface area contributed by atoms with Gasteiger partial charge in [0.1, 0.15) is 0 Å². The van der Waals surface area contributed by atoms with Gasteiger partial charge in [0, 0.05) is 0 Å². The summed E-state index contributed by atoms with van der Waals surface area (Å²) in [5.41, 5.74) is 13.3. The van der Waals surface area contributed by atoms with E-state index in [0.717, 1.165) is 27.8 Å². The Balaban J connectivity index is 0.000000195. The summed E-state index contributed by atoms with van der Waals surface area (Å²) < 4.78 is 1.91. The fourth-order valence-electron chi connectivity index (χ4n) is 6.55. The van der Waals surface area contributed by atoms with Gasteiger partial charge in [0.2, 0.25) is 0 Å². The minimum atomic E-state index is -1.29. The van der Waals surface area contributed by atoms with Crippen molar-refractivity contribution in [2.75, 3.05) is 0 Å². The third-order valence-electron chi connectivity index (χ3n) is 8.95. The van der Waals surface area contributed by atoms with Crippen LogP contribution in [0.2, 0.25) is 0 Å². The monoisotopic (exact) mass is 764 g/mol. The van der Waals surface area contributed by atoms with E-state index in [9.17, 15) is 0 Å². The molecular weight excluding hydrogens is 726 g/mol. The molecule has 0 bridgehead atoms. The van der Waals surface area contributed by atoms with Gasteiger partial charge in [-0.15, -0.1) is 0 Å². The molecule has 6 aromatic carbocycles. The van der Waals surface area contributed by atoms with Crippen molar-refractivity contribution in [3.63, 3.8) is 0 Å². The molecule has 8 rings (SSSR count). The molecule has 0 aromatic heterocycles. The molecule has 2 aliphatic rings. The molecule has 0 saturated heterocycles. The van der Waals surface area contributed by atoms with Gasteiger partial charge in [-0.3, -0.25) is 0 Å². The third-order valence-corrected chi connectivity index (χ3v) is 18.6. The van der Waals surface area contributed by atoms with Crippen molar-refractivity contribution < 1.29 is 22.9 Å². The van der Waals surface area contributed by atoms with E-state index in [4.69, 9.17) is 0 Å². The molecule has 2 atom stereocenters. The Morgan fingerprint density at radius 3 is 1.98 bits per heavy atom. The van der Waals surface area contributed by atoms with Crippen molar-refractivity contribution in [2.45, 2.75) is 29.1 Å². The standard InChI is InChI=1S/C16H14P.C14H14.C13H9.Hf/c1-12-6-2-5-9-15(12)17-16-11-10-13-7-3-4-8-14(13)16;1-3-7-13(8-4-1)11-12-14-9-5-2-6-10-14;1-3-7-12-10(5-1)9-11-6-2-4-8-13(11)12;/h2-11,17H,1H3;1-10H,11-12H2;1-5,7-8H,9H2;. The first-order chi connectivity index (χ1) is 22.2. The van der Waals surface area contributed by atoms with Gasteiger partial charge >= 0.3 is 198 Å². The van der Waals surface area contributed by atoms with E-state index in [0.29, 0.717) is 0 Å². The van der Waals surface area contributed by atoms with E-state index in [2.05, 4.69) is 171 Å². The normalized spacial score (nSPS) is 15.7. The van der Waals surface area contributed by atoms with E-state index in [1.165, 1.54) is 44.2 Å². The summed E-state index contributed by atoms with van der Waals surface area (Å²) in [5, 5.41) is 1.52. The summed E-state index contributed by atoms with van der Waals surface area (Å²) >= 11 is -1.29. The van der Waals surface area contributed by atoms with Crippen molar-refractivity contribution >= 4 is 23.3 Å². The Kier molecular flexibility index (Phi) is 9.20. The van der Waals surface area contributed by atoms with Crippen LogP contribution in [0.25, 0.3) is 17.2 Å². The Hall–Kier alpha value is -3.64. The number of fused-ring (bicyclic) bond motifs is 4. The third kappa shape index (κ3) is 6.67. The number of aryl methyl sites for hydroxylation is 3. The van der Waals surface area contributed by atoms with Crippen LogP contribution in [0.1, 0.15) is 38.9 Å². The quantitative estimate of drug-likeness (QED) is 0.112. The molecule has 0 N–H and O–H groups in total. The minimum Gasteiger partial charge on any atom is -0.0622 e. The number of hydrogen-bond acceptors (Lipinski definition) is 0. The number of allylic oxidation sites excluding steroid dienone is 1. The number of rotatable bonds is 7. The van der Waals surface area contributed by atoms with Crippen LogP contribution < -0.4 is 8.62 Å². The SMILES string of the molecule is Cc1ccccc1P[C]1([Hf][c]2cccc3c2Cc2ccccc2-3)C=Cc2ccccc21.c1ccc(CCc2ccccc2)cc1. The second-order valence-corrected chi connectivity index (χ2v) is 21.0. The van der Waals surface area contributed by atoms with Crippen LogP contribution in [0.15, 0.2) is 158 Å². The molecule has 0 amide bonds. The van der Waals surface area contributed by atoms with Gasteiger partial charge in [-0.2, -0.15) is 0 Å². The predicted molar refractivity (Wildman–Crippen MR) is 191 cm³/mol. The van der Waals surface area contributed by atoms with Crippen molar-refractivity contribution in [3.05, 3.63) is 197 Å². The zero-order valence-electron chi connectivity index (χ0n) is 25.7. The van der Waals surface area contributed by atoms with Gasteiger partial charge in [-0.1, -0.05) is 60.7 Å². The van der Waals surface area contributed by atoms with Gasteiger partial charge in [-0.05, 0) is 24.0 Å². The maximum Gasteiger partial charge on any atom is -0.0238 e. The van der Waals surface area contributed by atoms with E-state index < -0.39 is 22.9 Å². The van der Waals surface area contributed by atoms with Gasteiger partial charge in [0.05, 0.1) is 0 Å². The smallest absolute Gasteiger partial charge is 0.0238 e. The summed E-state index contributed by atoms with van der Waals surface area (Å²) in [6.07, 6.45) is 8.33. The average molecular weight is 763 g/mol. The molecule has 218 valence electrons. The molecule has 2 unspecified atom stereocenters. The maximum atomic E-state index is 2.58. The van der Waals surface area contributed by atoms with Crippen LogP contribution in [-0.2, 0) is 45.1 Å². The summed E-state index contributed by atoms with van der Waals surface area (Å²) in [4.78, 5) is 0. The Bertz CT molecular complexity index is 1900. The molecule has 0 heterocycles. The van der Waals surface area contributed by atoms with Crippen molar-refractivity contribution in [3.8, 4) is 11.1 Å². The Labute approximate surface area is 281 Å². The fourth-order valence-corrected chi connectivity index (χ4v) is 16.7. The largest absolute Gasteiger partial charge is 0.0622 e. The van der Waals surface area contributed by atoms with Crippen LogP contribution in [0.4, 0.5) is 0 Å². The van der Waals surface area contributed by atoms with Gasteiger partial charge in [0.25, 0.3) is 0 Å². The summed E-state index contributed by atoms with van der Waals surface area (Å²) in [6, 6.07) is 55.4. The summed E-state index contributed by atoms with van der Waals surface area (Å²) in [5.74, 6) is 0. The zero-order valence-corrected chi connectivity index (χ0v) is 30.3. The first-order valence-electron chi connectivity index (χ1n) is 15.9. The van der Waals surface area contributed by atoms with E-state index in [1.807, 2.05) is 0 Å². The molecule has 0 spiro atoms. The van der Waals surface area contributed by atoms with Gasteiger partial charge in [-0.25, -0.2) is 0 Å². The van der Waals surface area contributed by atoms with E-state index >= 15 is 0 Å². The molecule has 45 heavy (non-hydrogen) atoms. The molecular formula is C43H37HfP. The van der Waals surface area contributed by atoms with E-state index in [-0.39, 0.29) is 2.91 Å². The fraction of sp³-hybridized carbons (Fsp3) is 0.116. The van der Waals surface area contributed by atoms with Crippen molar-refractivity contribution in [1.82, 2.24) is 0 Å². The maximum absolute atomic E-state index is 2.58. The van der Waals surface area contributed by atoms with Crippen LogP contribution in [0.5, 0.6) is 0 Å².